The van der Waals surface area contributed by atoms with E-state index in [0.717, 1.165) is 0 Å². The molecule has 0 N–H and O–H groups in total. The van der Waals surface area contributed by atoms with Crippen molar-refractivity contribution in [2.24, 2.45) is 0 Å². The smallest absolute Gasteiger partial charge is 0 e. The number of hydrogen-bond donors (Lipinski definition) is 0. The van der Waals surface area contributed by atoms with E-state index in [-0.39, 0.29) is 124 Å². The Labute approximate surface area is 120 Å². The van der Waals surface area contributed by atoms with Gasteiger partial charge in [-0.3, -0.25) is 0 Å². The first kappa shape index (κ1) is 36.0. The molecule has 0 bridgehead atoms. The van der Waals surface area contributed by atoms with E-state index >= 15 is 0 Å². The van der Waals surface area contributed by atoms with Gasteiger partial charge in [0.25, 0.3) is 0 Å². The van der Waals surface area contributed by atoms with Gasteiger partial charge in [-0.25, -0.2) is 0 Å². The molecule has 0 amide bonds. The van der Waals surface area contributed by atoms with Gasteiger partial charge in [0.05, 0.1) is 0 Å². The summed E-state index contributed by atoms with van der Waals surface area (Å²) in [6.07, 6.45) is 0. The summed E-state index contributed by atoms with van der Waals surface area (Å²) in [5.41, 5.74) is 0. The molecule has 2 radical (unpaired) electrons. The van der Waals surface area contributed by atoms with Crippen molar-refractivity contribution in [1.82, 2.24) is 0 Å². The van der Waals surface area contributed by atoms with Gasteiger partial charge in [-0.15, -0.1) is 0 Å². The van der Waals surface area contributed by atoms with Gasteiger partial charge in [0.1, 0.15) is 0 Å². The first-order valence-electron chi connectivity index (χ1n) is 0. The Bertz CT molecular complexity index is 11.6. The fourth-order valence-corrected chi connectivity index (χ4v) is 0. The second-order valence-corrected chi connectivity index (χ2v) is 0. The fraction of sp³-hybridized carbons (Fsp3) is 0. The van der Waals surface area contributed by atoms with Gasteiger partial charge in [0, 0.05) is 124 Å². The van der Waals surface area contributed by atoms with E-state index in [2.05, 4.69) is 0 Å². The molecule has 0 rings (SSSR count). The van der Waals surface area contributed by atoms with Crippen LogP contribution < -0.4 is 0 Å². The van der Waals surface area contributed by atoms with Crippen LogP contribution in [0.3, 0.4) is 0 Å². The van der Waals surface area contributed by atoms with E-state index in [0.29, 0.717) is 0 Å². The molecule has 0 aliphatic heterocycles. The topological polar surface area (TPSA) is 0 Å². The average Bonchev–Trinajstić information content (AvgIpc) is 0. The van der Waals surface area contributed by atoms with Crippen molar-refractivity contribution in [3.63, 3.8) is 0 Å². The zero-order valence-corrected chi connectivity index (χ0v) is 11.3. The summed E-state index contributed by atoms with van der Waals surface area (Å²) < 4.78 is 0. The summed E-state index contributed by atoms with van der Waals surface area (Å²) >= 11 is 0. The Morgan fingerprint density at radius 1 is 1.00 bits per heavy atom. The molecule has 0 saturated carbocycles. The average molecular weight is 402 g/mol. The van der Waals surface area contributed by atoms with Crippen LogP contribution in [0.15, 0.2) is 0 Å². The Morgan fingerprint density at radius 3 is 1.00 bits per heavy atom. The molecule has 0 fully saturated rings. The van der Waals surface area contributed by atoms with E-state index in [1.165, 1.54) is 0 Å². The summed E-state index contributed by atoms with van der Waals surface area (Å²) in [4.78, 5) is 0. The van der Waals surface area contributed by atoms with Crippen molar-refractivity contribution in [2.45, 2.75) is 0 Å². The van der Waals surface area contributed by atoms with Gasteiger partial charge in [0.2, 0.25) is 0 Å². The molecule has 0 atom stereocenters. The Morgan fingerprint density at radius 2 is 1.00 bits per heavy atom. The van der Waals surface area contributed by atoms with E-state index < -0.39 is 0 Å². The molecule has 0 unspecified atom stereocenters. The van der Waals surface area contributed by atoms with E-state index in [9.17, 15) is 0 Å². The van der Waals surface area contributed by atoms with E-state index in [1.807, 2.05) is 0 Å². The zero-order chi connectivity index (χ0) is 0. The molecule has 0 saturated heterocycles. The molecule has 0 spiro atoms. The molecule has 0 heterocycles. The second kappa shape index (κ2) is 24.5. The summed E-state index contributed by atoms with van der Waals surface area (Å²) in [5, 5.41) is 0. The molecule has 0 nitrogen and oxygen atoms in total. The van der Waals surface area contributed by atoms with Gasteiger partial charge in [-0.05, 0) is 0 Å². The molecule has 0 aromatic heterocycles. The fourth-order valence-electron chi connectivity index (χ4n) is 0. The Hall–Kier alpha value is 4.00. The van der Waals surface area contributed by atoms with Gasteiger partial charge >= 0.3 is 0 Å². The SMILES string of the molecule is [Ce].[Co].[Cu].[Ti].[Zr]. The van der Waals surface area contributed by atoms with Crippen molar-refractivity contribution < 1.29 is 124 Å². The molecular formula is CeCoCuTiZr. The predicted molar refractivity (Wildman–Crippen MR) is 0 cm³/mol. The number of hydrogen-bond acceptors (Lipinski definition) is 0. The molecule has 32 valence electrons. The zero-order valence-electron chi connectivity index (χ0n) is 2.13. The third-order valence-electron chi connectivity index (χ3n) is 0. The first-order chi connectivity index (χ1) is 0. The molecule has 5 heavy (non-hydrogen) atoms. The van der Waals surface area contributed by atoms with Gasteiger partial charge in [-0.2, -0.15) is 0 Å². The first-order valence-corrected chi connectivity index (χ1v) is 0. The van der Waals surface area contributed by atoms with Crippen LogP contribution in [0.2, 0.25) is 0 Å². The van der Waals surface area contributed by atoms with Crippen LogP contribution >= 0.6 is 0 Å². The summed E-state index contributed by atoms with van der Waals surface area (Å²) in [7, 11) is 0. The van der Waals surface area contributed by atoms with Crippen LogP contribution in [-0.4, -0.2) is 0 Å². The van der Waals surface area contributed by atoms with Crippen LogP contribution in [0, 0.1) is 41.7 Å². The van der Waals surface area contributed by atoms with Crippen LogP contribution in [-0.2, 0) is 81.8 Å². The van der Waals surface area contributed by atoms with Crippen LogP contribution in [0.25, 0.3) is 0 Å². The normalized spacial score (nSPS) is 0. The number of rotatable bonds is 0. The molecule has 0 aromatic carbocycles. The van der Waals surface area contributed by atoms with Crippen LogP contribution in [0.1, 0.15) is 0 Å². The van der Waals surface area contributed by atoms with Crippen LogP contribution in [0.5, 0.6) is 0 Å². The van der Waals surface area contributed by atoms with Crippen molar-refractivity contribution in [3.8, 4) is 0 Å². The minimum absolute atomic E-state index is 0. The summed E-state index contributed by atoms with van der Waals surface area (Å²) in [6, 6.07) is 0. The van der Waals surface area contributed by atoms with Crippen molar-refractivity contribution in [2.75, 3.05) is 0 Å². The third-order valence-corrected chi connectivity index (χ3v) is 0. The van der Waals surface area contributed by atoms with Crippen molar-refractivity contribution in [3.05, 3.63) is 0 Å². The van der Waals surface area contributed by atoms with Gasteiger partial charge in [0.15, 0.2) is 0 Å². The van der Waals surface area contributed by atoms with Crippen molar-refractivity contribution >= 4 is 0 Å². The maximum Gasteiger partial charge on any atom is 0 e. The molecule has 0 aromatic rings. The monoisotopic (exact) mass is 400 g/mol. The molecule has 5 heteroatoms. The summed E-state index contributed by atoms with van der Waals surface area (Å²) in [6.45, 7) is 0. The van der Waals surface area contributed by atoms with Gasteiger partial charge < -0.3 is 0 Å². The third kappa shape index (κ3) is 18.0. The van der Waals surface area contributed by atoms with E-state index in [1.54, 1.807) is 0 Å². The maximum absolute atomic E-state index is 0. The Kier molecular flexibility index (Phi) is 176. The Balaban J connectivity index is 0. The van der Waals surface area contributed by atoms with Crippen LogP contribution in [0.4, 0.5) is 0 Å². The molecular weight excluding hydrogens is 402 g/mol. The molecule has 0 aliphatic carbocycles. The quantitative estimate of drug-likeness (QED) is 0.501. The predicted octanol–water partition coefficient (Wildman–Crippen LogP) is -0.0100. The van der Waals surface area contributed by atoms with Gasteiger partial charge in [-0.1, -0.05) is 0 Å². The minimum atomic E-state index is 0. The minimum Gasteiger partial charge on any atom is 0 e. The van der Waals surface area contributed by atoms with Crippen molar-refractivity contribution in [1.29, 1.82) is 0 Å². The maximum atomic E-state index is 0. The second-order valence-electron chi connectivity index (χ2n) is 0. The van der Waals surface area contributed by atoms with E-state index in [4.69, 9.17) is 0 Å². The molecule has 0 aliphatic rings. The summed E-state index contributed by atoms with van der Waals surface area (Å²) in [5.74, 6) is 0. The standard InChI is InChI=1S/Ce.Co.Cu.Ti.Zr. The largest absolute Gasteiger partial charge is 0 e.